The molecule has 0 radical (unpaired) electrons. The van der Waals surface area contributed by atoms with Crippen LogP contribution >= 0.6 is 0 Å². The SMILES string of the molecule is COc1ccc(OCCCCn2c(Cc3ccccc3)nc3ccccc32)cc1. The van der Waals surface area contributed by atoms with Gasteiger partial charge in [0.15, 0.2) is 0 Å². The van der Waals surface area contributed by atoms with Gasteiger partial charge in [0, 0.05) is 13.0 Å². The Morgan fingerprint density at radius 2 is 1.52 bits per heavy atom. The van der Waals surface area contributed by atoms with Crippen molar-refractivity contribution in [3.63, 3.8) is 0 Å². The fourth-order valence-electron chi connectivity index (χ4n) is 3.52. The molecule has 4 rings (SSSR count). The van der Waals surface area contributed by atoms with Crippen molar-refractivity contribution in [2.45, 2.75) is 25.8 Å². The Morgan fingerprint density at radius 3 is 2.31 bits per heavy atom. The number of aryl methyl sites for hydroxylation is 1. The van der Waals surface area contributed by atoms with Crippen molar-refractivity contribution in [3.05, 3.63) is 90.3 Å². The number of hydrogen-bond donors (Lipinski definition) is 0. The minimum absolute atomic E-state index is 0.701. The van der Waals surface area contributed by atoms with Gasteiger partial charge in [0.2, 0.25) is 0 Å². The number of fused-ring (bicyclic) bond motifs is 1. The zero-order chi connectivity index (χ0) is 19.9. The molecule has 4 heteroatoms. The minimum Gasteiger partial charge on any atom is -0.497 e. The molecule has 0 atom stereocenters. The van der Waals surface area contributed by atoms with Crippen molar-refractivity contribution in [3.8, 4) is 11.5 Å². The first-order valence-electron chi connectivity index (χ1n) is 10.1. The summed E-state index contributed by atoms with van der Waals surface area (Å²) in [6.45, 7) is 1.64. The van der Waals surface area contributed by atoms with E-state index in [1.54, 1.807) is 7.11 Å². The molecular formula is C25H26N2O2. The summed E-state index contributed by atoms with van der Waals surface area (Å²) in [5.74, 6) is 2.84. The molecule has 4 aromatic rings. The Labute approximate surface area is 171 Å². The monoisotopic (exact) mass is 386 g/mol. The van der Waals surface area contributed by atoms with Gasteiger partial charge in [0.25, 0.3) is 0 Å². The normalized spacial score (nSPS) is 10.9. The summed E-state index contributed by atoms with van der Waals surface area (Å²) in [5.41, 5.74) is 3.55. The highest BCUT2D eigenvalue weighted by Crippen LogP contribution is 2.20. The fraction of sp³-hybridized carbons (Fsp3) is 0.240. The van der Waals surface area contributed by atoms with E-state index in [1.165, 1.54) is 11.1 Å². The highest BCUT2D eigenvalue weighted by Gasteiger charge is 2.10. The molecule has 0 amide bonds. The van der Waals surface area contributed by atoms with E-state index in [9.17, 15) is 0 Å². The minimum atomic E-state index is 0.701. The van der Waals surface area contributed by atoms with E-state index >= 15 is 0 Å². The molecule has 0 unspecified atom stereocenters. The smallest absolute Gasteiger partial charge is 0.119 e. The third kappa shape index (κ3) is 4.77. The first kappa shape index (κ1) is 19.1. The van der Waals surface area contributed by atoms with Crippen molar-refractivity contribution < 1.29 is 9.47 Å². The number of hydrogen-bond acceptors (Lipinski definition) is 3. The molecular weight excluding hydrogens is 360 g/mol. The van der Waals surface area contributed by atoms with Gasteiger partial charge in [-0.25, -0.2) is 4.98 Å². The number of aromatic nitrogens is 2. The van der Waals surface area contributed by atoms with Crippen LogP contribution in [0.2, 0.25) is 0 Å². The number of unbranched alkanes of at least 4 members (excludes halogenated alkanes) is 1. The predicted octanol–water partition coefficient (Wildman–Crippen LogP) is 5.49. The largest absolute Gasteiger partial charge is 0.497 e. The maximum atomic E-state index is 5.86. The van der Waals surface area contributed by atoms with Crippen molar-refractivity contribution >= 4 is 11.0 Å². The van der Waals surface area contributed by atoms with Crippen LogP contribution in [0.4, 0.5) is 0 Å². The van der Waals surface area contributed by atoms with Gasteiger partial charge in [-0.3, -0.25) is 0 Å². The van der Waals surface area contributed by atoms with Crippen LogP contribution in [0.3, 0.4) is 0 Å². The van der Waals surface area contributed by atoms with Crippen molar-refractivity contribution in [1.82, 2.24) is 9.55 Å². The Kier molecular flexibility index (Phi) is 6.10. The van der Waals surface area contributed by atoms with Gasteiger partial charge < -0.3 is 14.0 Å². The van der Waals surface area contributed by atoms with Crippen LogP contribution in [0.1, 0.15) is 24.2 Å². The van der Waals surface area contributed by atoms with Crippen LogP contribution in [-0.4, -0.2) is 23.3 Å². The third-order valence-corrected chi connectivity index (χ3v) is 5.04. The molecule has 0 N–H and O–H groups in total. The molecule has 0 spiro atoms. The van der Waals surface area contributed by atoms with Crippen LogP contribution in [0, 0.1) is 0 Å². The highest BCUT2D eigenvalue weighted by atomic mass is 16.5. The summed E-state index contributed by atoms with van der Waals surface area (Å²) in [4.78, 5) is 4.89. The average molecular weight is 386 g/mol. The third-order valence-electron chi connectivity index (χ3n) is 5.04. The Balaban J connectivity index is 1.38. The van der Waals surface area contributed by atoms with Crippen LogP contribution in [0.5, 0.6) is 11.5 Å². The molecule has 0 aliphatic carbocycles. The maximum absolute atomic E-state index is 5.86. The van der Waals surface area contributed by atoms with E-state index < -0.39 is 0 Å². The Morgan fingerprint density at radius 1 is 0.793 bits per heavy atom. The zero-order valence-electron chi connectivity index (χ0n) is 16.8. The number of imidazole rings is 1. The number of benzene rings is 3. The summed E-state index contributed by atoms with van der Waals surface area (Å²) < 4.78 is 13.4. The maximum Gasteiger partial charge on any atom is 0.119 e. The van der Waals surface area contributed by atoms with Gasteiger partial charge in [0.1, 0.15) is 17.3 Å². The summed E-state index contributed by atoms with van der Waals surface area (Å²) in [7, 11) is 1.67. The lowest BCUT2D eigenvalue weighted by Gasteiger charge is -2.10. The van der Waals surface area contributed by atoms with Crippen LogP contribution in [0.15, 0.2) is 78.9 Å². The van der Waals surface area contributed by atoms with Gasteiger partial charge in [-0.1, -0.05) is 42.5 Å². The molecule has 0 aliphatic heterocycles. The molecule has 0 fully saturated rings. The quantitative estimate of drug-likeness (QED) is 0.357. The van der Waals surface area contributed by atoms with E-state index in [-0.39, 0.29) is 0 Å². The topological polar surface area (TPSA) is 36.3 Å². The highest BCUT2D eigenvalue weighted by molar-refractivity contribution is 5.76. The molecule has 148 valence electrons. The Bertz CT molecular complexity index is 1040. The van der Waals surface area contributed by atoms with Crippen LogP contribution < -0.4 is 9.47 Å². The summed E-state index contributed by atoms with van der Waals surface area (Å²) >= 11 is 0. The molecule has 3 aromatic carbocycles. The van der Waals surface area contributed by atoms with Crippen LogP contribution in [0.25, 0.3) is 11.0 Å². The fourth-order valence-corrected chi connectivity index (χ4v) is 3.52. The van der Waals surface area contributed by atoms with Crippen LogP contribution in [-0.2, 0) is 13.0 Å². The lowest BCUT2D eigenvalue weighted by atomic mass is 10.1. The molecule has 0 saturated carbocycles. The van der Waals surface area contributed by atoms with Gasteiger partial charge >= 0.3 is 0 Å². The van der Waals surface area contributed by atoms with E-state index in [0.29, 0.717) is 6.61 Å². The summed E-state index contributed by atoms with van der Waals surface area (Å²) in [6, 6.07) is 26.6. The summed E-state index contributed by atoms with van der Waals surface area (Å²) in [6.07, 6.45) is 2.87. The lowest BCUT2D eigenvalue weighted by molar-refractivity contribution is 0.302. The van der Waals surface area contributed by atoms with Gasteiger partial charge in [-0.2, -0.15) is 0 Å². The second-order valence-corrected chi connectivity index (χ2v) is 7.06. The first-order chi connectivity index (χ1) is 14.3. The van der Waals surface area contributed by atoms with Gasteiger partial charge in [0.05, 0.1) is 24.8 Å². The van der Waals surface area contributed by atoms with E-state index in [2.05, 4.69) is 59.2 Å². The lowest BCUT2D eigenvalue weighted by Crippen LogP contribution is -2.06. The second kappa shape index (κ2) is 9.28. The van der Waals surface area contributed by atoms with E-state index in [0.717, 1.165) is 48.6 Å². The number of rotatable bonds is 9. The molecule has 0 saturated heterocycles. The van der Waals surface area contributed by atoms with E-state index in [4.69, 9.17) is 14.5 Å². The molecule has 0 aliphatic rings. The Hall–Kier alpha value is -3.27. The predicted molar refractivity (Wildman–Crippen MR) is 117 cm³/mol. The molecule has 1 aromatic heterocycles. The zero-order valence-corrected chi connectivity index (χ0v) is 16.8. The molecule has 1 heterocycles. The van der Waals surface area contributed by atoms with Crippen molar-refractivity contribution in [2.24, 2.45) is 0 Å². The average Bonchev–Trinajstić information content (AvgIpc) is 3.11. The van der Waals surface area contributed by atoms with Crippen molar-refractivity contribution in [2.75, 3.05) is 13.7 Å². The molecule has 4 nitrogen and oxygen atoms in total. The standard InChI is InChI=1S/C25H26N2O2/c1-28-21-13-15-22(16-14-21)29-18-8-7-17-27-24-12-6-5-11-23(24)26-25(27)19-20-9-3-2-4-10-20/h2-6,9-16H,7-8,17-19H2,1H3. The van der Waals surface area contributed by atoms with Crippen molar-refractivity contribution in [1.29, 1.82) is 0 Å². The van der Waals surface area contributed by atoms with Gasteiger partial charge in [-0.15, -0.1) is 0 Å². The number of nitrogens with zero attached hydrogens (tertiary/aromatic N) is 2. The molecule has 29 heavy (non-hydrogen) atoms. The summed E-state index contributed by atoms with van der Waals surface area (Å²) in [5, 5.41) is 0. The number of ether oxygens (including phenoxy) is 2. The molecule has 0 bridgehead atoms. The second-order valence-electron chi connectivity index (χ2n) is 7.06. The van der Waals surface area contributed by atoms with Gasteiger partial charge in [-0.05, 0) is 54.8 Å². The number of para-hydroxylation sites is 2. The van der Waals surface area contributed by atoms with E-state index in [1.807, 2.05) is 24.3 Å². The first-order valence-corrected chi connectivity index (χ1v) is 10.1. The number of methoxy groups -OCH3 is 1.